The molecule has 1 aliphatic rings. The molecular formula is C16H20N2O3. The molecule has 1 aromatic heterocycles. The van der Waals surface area contributed by atoms with Gasteiger partial charge in [0.2, 0.25) is 0 Å². The van der Waals surface area contributed by atoms with Crippen LogP contribution in [0.15, 0.2) is 30.6 Å². The number of fused-ring (bicyclic) bond motifs is 1. The van der Waals surface area contributed by atoms with E-state index in [9.17, 15) is 5.11 Å². The first-order valence-electron chi connectivity index (χ1n) is 7.26. The van der Waals surface area contributed by atoms with Crippen molar-refractivity contribution < 1.29 is 14.6 Å². The number of methoxy groups -OCH3 is 1. The van der Waals surface area contributed by atoms with Gasteiger partial charge < -0.3 is 14.6 Å². The number of nitrogens with zero attached hydrogens (tertiary/aromatic N) is 2. The lowest BCUT2D eigenvalue weighted by molar-refractivity contribution is 0.0654. The quantitative estimate of drug-likeness (QED) is 0.940. The molecule has 1 N–H and O–H groups in total. The number of hydrogen-bond donors (Lipinski definition) is 1. The number of benzene rings is 1. The minimum atomic E-state index is -0.552. The van der Waals surface area contributed by atoms with Crippen LogP contribution in [0.5, 0.6) is 11.5 Å². The lowest BCUT2D eigenvalue weighted by atomic mass is 9.96. The molecule has 1 unspecified atom stereocenters. The molecule has 21 heavy (non-hydrogen) atoms. The van der Waals surface area contributed by atoms with Gasteiger partial charge in [0.05, 0.1) is 19.4 Å². The van der Waals surface area contributed by atoms with E-state index < -0.39 is 6.10 Å². The third kappa shape index (κ3) is 2.74. The minimum Gasteiger partial charge on any atom is -0.497 e. The Morgan fingerprint density at radius 1 is 1.48 bits per heavy atom. The standard InChI is InChI=1S/C16H20N2O3/c1-3-6-18-10-11(9-17-18)16-8-14(19)13-7-12(20-2)4-5-15(13)21-16/h4-5,7,9-10,14,16,19H,3,6,8H2,1-2H3/t14-,16?/m1/s1. The van der Waals surface area contributed by atoms with Crippen LogP contribution in [0.3, 0.4) is 0 Å². The second kappa shape index (κ2) is 5.77. The molecule has 112 valence electrons. The Morgan fingerprint density at radius 2 is 2.33 bits per heavy atom. The number of rotatable bonds is 4. The summed E-state index contributed by atoms with van der Waals surface area (Å²) in [6.45, 7) is 3.01. The van der Waals surface area contributed by atoms with Crippen LogP contribution in [0.1, 0.15) is 43.1 Å². The van der Waals surface area contributed by atoms with E-state index in [2.05, 4.69) is 12.0 Å². The first-order valence-corrected chi connectivity index (χ1v) is 7.26. The molecule has 0 fully saturated rings. The van der Waals surface area contributed by atoms with Crippen molar-refractivity contribution in [3.8, 4) is 11.5 Å². The second-order valence-corrected chi connectivity index (χ2v) is 5.30. The molecule has 0 bridgehead atoms. The van der Waals surface area contributed by atoms with Gasteiger partial charge in [0.15, 0.2) is 0 Å². The van der Waals surface area contributed by atoms with Crippen molar-refractivity contribution >= 4 is 0 Å². The summed E-state index contributed by atoms with van der Waals surface area (Å²) in [5.41, 5.74) is 1.79. The predicted octanol–water partition coefficient (Wildman–Crippen LogP) is 2.86. The van der Waals surface area contributed by atoms with Gasteiger partial charge in [-0.1, -0.05) is 6.92 Å². The molecular weight excluding hydrogens is 268 g/mol. The number of aromatic nitrogens is 2. The summed E-state index contributed by atoms with van der Waals surface area (Å²) in [6, 6.07) is 5.52. The van der Waals surface area contributed by atoms with Gasteiger partial charge in [-0.15, -0.1) is 0 Å². The van der Waals surface area contributed by atoms with Gasteiger partial charge in [0.1, 0.15) is 17.6 Å². The highest BCUT2D eigenvalue weighted by molar-refractivity contribution is 5.43. The Labute approximate surface area is 124 Å². The van der Waals surface area contributed by atoms with E-state index in [4.69, 9.17) is 9.47 Å². The molecule has 0 amide bonds. The van der Waals surface area contributed by atoms with Gasteiger partial charge in [0, 0.05) is 30.3 Å². The Balaban J connectivity index is 1.83. The van der Waals surface area contributed by atoms with Gasteiger partial charge in [-0.3, -0.25) is 4.68 Å². The summed E-state index contributed by atoms with van der Waals surface area (Å²) in [7, 11) is 1.61. The lowest BCUT2D eigenvalue weighted by Crippen LogP contribution is -2.18. The molecule has 0 saturated heterocycles. The normalized spacial score (nSPS) is 20.7. The SMILES string of the molecule is CCCn1cc(C2C[C@@H](O)c3cc(OC)ccc3O2)cn1. The Kier molecular flexibility index (Phi) is 3.84. The smallest absolute Gasteiger partial charge is 0.130 e. The highest BCUT2D eigenvalue weighted by Crippen LogP contribution is 2.42. The number of hydrogen-bond acceptors (Lipinski definition) is 4. The summed E-state index contributed by atoms with van der Waals surface area (Å²) in [5, 5.41) is 14.7. The number of ether oxygens (including phenoxy) is 2. The van der Waals surface area contributed by atoms with Crippen LogP contribution < -0.4 is 9.47 Å². The van der Waals surface area contributed by atoms with Gasteiger partial charge >= 0.3 is 0 Å². The Morgan fingerprint density at radius 3 is 3.10 bits per heavy atom. The molecule has 0 spiro atoms. The van der Waals surface area contributed by atoms with Crippen molar-refractivity contribution in [1.29, 1.82) is 0 Å². The maximum Gasteiger partial charge on any atom is 0.130 e. The van der Waals surface area contributed by atoms with Crippen LogP contribution in [0.2, 0.25) is 0 Å². The van der Waals surface area contributed by atoms with Crippen LogP contribution in [0, 0.1) is 0 Å². The molecule has 1 aromatic carbocycles. The zero-order valence-corrected chi connectivity index (χ0v) is 12.3. The summed E-state index contributed by atoms with van der Waals surface area (Å²) in [5.74, 6) is 1.44. The van der Waals surface area contributed by atoms with E-state index in [1.165, 1.54) is 0 Å². The topological polar surface area (TPSA) is 56.5 Å². The van der Waals surface area contributed by atoms with Crippen LogP contribution in [0.25, 0.3) is 0 Å². The van der Waals surface area contributed by atoms with E-state index in [-0.39, 0.29) is 6.10 Å². The van der Waals surface area contributed by atoms with E-state index in [1.807, 2.05) is 35.3 Å². The molecule has 5 nitrogen and oxygen atoms in total. The maximum absolute atomic E-state index is 10.4. The fourth-order valence-electron chi connectivity index (χ4n) is 2.65. The molecule has 0 saturated carbocycles. The fraction of sp³-hybridized carbons (Fsp3) is 0.438. The average molecular weight is 288 g/mol. The third-order valence-corrected chi connectivity index (χ3v) is 3.76. The molecule has 3 rings (SSSR count). The molecule has 2 heterocycles. The van der Waals surface area contributed by atoms with E-state index in [1.54, 1.807) is 7.11 Å². The van der Waals surface area contributed by atoms with Crippen molar-refractivity contribution in [2.24, 2.45) is 0 Å². The van der Waals surface area contributed by atoms with Gasteiger partial charge in [-0.05, 0) is 24.6 Å². The van der Waals surface area contributed by atoms with Crippen molar-refractivity contribution in [2.75, 3.05) is 7.11 Å². The van der Waals surface area contributed by atoms with Crippen molar-refractivity contribution in [1.82, 2.24) is 9.78 Å². The molecule has 1 aliphatic heterocycles. The highest BCUT2D eigenvalue weighted by Gasteiger charge is 2.29. The first kappa shape index (κ1) is 13.9. The monoisotopic (exact) mass is 288 g/mol. The van der Waals surface area contributed by atoms with Crippen molar-refractivity contribution in [3.63, 3.8) is 0 Å². The maximum atomic E-state index is 10.4. The lowest BCUT2D eigenvalue weighted by Gasteiger charge is -2.29. The van der Waals surface area contributed by atoms with Crippen LogP contribution in [-0.2, 0) is 6.54 Å². The van der Waals surface area contributed by atoms with E-state index >= 15 is 0 Å². The van der Waals surface area contributed by atoms with Crippen molar-refractivity contribution in [2.45, 2.75) is 38.5 Å². The molecule has 2 atom stereocenters. The summed E-state index contributed by atoms with van der Waals surface area (Å²) in [4.78, 5) is 0. The zero-order chi connectivity index (χ0) is 14.8. The second-order valence-electron chi connectivity index (χ2n) is 5.30. The number of aryl methyl sites for hydroxylation is 1. The van der Waals surface area contributed by atoms with E-state index in [0.29, 0.717) is 12.2 Å². The highest BCUT2D eigenvalue weighted by atomic mass is 16.5. The average Bonchev–Trinajstić information content (AvgIpc) is 2.96. The summed E-state index contributed by atoms with van der Waals surface area (Å²) < 4.78 is 13.1. The van der Waals surface area contributed by atoms with Crippen LogP contribution in [-0.4, -0.2) is 22.0 Å². The fourth-order valence-corrected chi connectivity index (χ4v) is 2.65. The number of aliphatic hydroxyl groups excluding tert-OH is 1. The largest absolute Gasteiger partial charge is 0.497 e. The first-order chi connectivity index (χ1) is 10.2. The molecule has 5 heteroatoms. The third-order valence-electron chi connectivity index (χ3n) is 3.76. The van der Waals surface area contributed by atoms with Crippen LogP contribution in [0.4, 0.5) is 0 Å². The predicted molar refractivity (Wildman–Crippen MR) is 78.5 cm³/mol. The molecule has 0 radical (unpaired) electrons. The van der Waals surface area contributed by atoms with Gasteiger partial charge in [-0.2, -0.15) is 5.10 Å². The summed E-state index contributed by atoms with van der Waals surface area (Å²) >= 11 is 0. The van der Waals surface area contributed by atoms with Gasteiger partial charge in [-0.25, -0.2) is 0 Å². The van der Waals surface area contributed by atoms with Crippen LogP contribution >= 0.6 is 0 Å². The minimum absolute atomic E-state index is 0.161. The Bertz CT molecular complexity index is 624. The van der Waals surface area contributed by atoms with Crippen molar-refractivity contribution in [3.05, 3.63) is 41.7 Å². The summed E-state index contributed by atoms with van der Waals surface area (Å²) in [6.07, 6.45) is 4.67. The molecule has 2 aromatic rings. The van der Waals surface area contributed by atoms with E-state index in [0.717, 1.165) is 29.8 Å². The zero-order valence-electron chi connectivity index (χ0n) is 12.3. The molecule has 0 aliphatic carbocycles. The van der Waals surface area contributed by atoms with Gasteiger partial charge in [0.25, 0.3) is 0 Å². The Hall–Kier alpha value is -2.01. The number of aliphatic hydroxyl groups is 1.